The molecule has 2 aromatic carbocycles. The molecule has 3 nitrogen and oxygen atoms in total. The lowest BCUT2D eigenvalue weighted by atomic mass is 10.3. The number of carbonyl (C=O) groups is 1. The summed E-state index contributed by atoms with van der Waals surface area (Å²) >= 11 is 21.3. The topological polar surface area (TPSA) is 41.1 Å². The number of rotatable bonds is 4. The fraction of sp³-hybridized carbons (Fsp3) is 0.0714. The molecule has 0 aliphatic heterocycles. The van der Waals surface area contributed by atoms with Gasteiger partial charge in [-0.3, -0.25) is 4.79 Å². The van der Waals surface area contributed by atoms with E-state index < -0.39 is 0 Å². The van der Waals surface area contributed by atoms with Crippen LogP contribution < -0.4 is 10.6 Å². The van der Waals surface area contributed by atoms with E-state index in [1.165, 1.54) is 0 Å². The SMILES string of the molecule is O=C(CNc1ccc(Br)c(Cl)c1Cl)Nc1ccccc1Cl. The van der Waals surface area contributed by atoms with E-state index in [9.17, 15) is 4.79 Å². The van der Waals surface area contributed by atoms with Crippen LogP contribution in [0.2, 0.25) is 15.1 Å². The van der Waals surface area contributed by atoms with Gasteiger partial charge in [-0.05, 0) is 40.2 Å². The Morgan fingerprint density at radius 1 is 1.00 bits per heavy atom. The molecule has 1 amide bonds. The number of carbonyl (C=O) groups excluding carboxylic acids is 1. The van der Waals surface area contributed by atoms with Crippen molar-refractivity contribution in [3.63, 3.8) is 0 Å². The lowest BCUT2D eigenvalue weighted by molar-refractivity contribution is -0.114. The normalized spacial score (nSPS) is 10.3. The van der Waals surface area contributed by atoms with Crippen molar-refractivity contribution in [3.05, 3.63) is 55.9 Å². The molecule has 0 bridgehead atoms. The quantitative estimate of drug-likeness (QED) is 0.660. The molecule has 7 heteroatoms. The number of anilines is 2. The fourth-order valence-electron chi connectivity index (χ4n) is 1.59. The molecule has 0 fully saturated rings. The zero-order chi connectivity index (χ0) is 15.4. The average molecular weight is 409 g/mol. The molecule has 0 aliphatic carbocycles. The van der Waals surface area contributed by atoms with Gasteiger partial charge in [-0.25, -0.2) is 0 Å². The van der Waals surface area contributed by atoms with Gasteiger partial charge in [0.05, 0.1) is 33.0 Å². The van der Waals surface area contributed by atoms with Crippen molar-refractivity contribution in [2.45, 2.75) is 0 Å². The van der Waals surface area contributed by atoms with Gasteiger partial charge in [-0.15, -0.1) is 0 Å². The smallest absolute Gasteiger partial charge is 0.243 e. The second-order valence-electron chi connectivity index (χ2n) is 4.10. The molecule has 2 N–H and O–H groups in total. The minimum absolute atomic E-state index is 0.0445. The molecule has 0 aliphatic rings. The van der Waals surface area contributed by atoms with Crippen LogP contribution in [0.4, 0.5) is 11.4 Å². The Morgan fingerprint density at radius 3 is 2.43 bits per heavy atom. The Hall–Kier alpha value is -0.940. The first kappa shape index (κ1) is 16.4. The summed E-state index contributed by atoms with van der Waals surface area (Å²) in [7, 11) is 0. The highest BCUT2D eigenvalue weighted by atomic mass is 79.9. The minimum atomic E-state index is -0.238. The van der Waals surface area contributed by atoms with E-state index in [1.54, 1.807) is 36.4 Å². The Kier molecular flexibility index (Phi) is 5.76. The molecular weight excluding hydrogens is 398 g/mol. The lowest BCUT2D eigenvalue weighted by Crippen LogP contribution is -2.22. The van der Waals surface area contributed by atoms with Crippen LogP contribution >= 0.6 is 50.7 Å². The van der Waals surface area contributed by atoms with Crippen LogP contribution in [0.1, 0.15) is 0 Å². The van der Waals surface area contributed by atoms with Gasteiger partial charge in [0.2, 0.25) is 5.91 Å². The van der Waals surface area contributed by atoms with Gasteiger partial charge >= 0.3 is 0 Å². The van der Waals surface area contributed by atoms with E-state index in [4.69, 9.17) is 34.8 Å². The van der Waals surface area contributed by atoms with Crippen LogP contribution in [0.15, 0.2) is 40.9 Å². The van der Waals surface area contributed by atoms with Crippen molar-refractivity contribution >= 4 is 68.0 Å². The van der Waals surface area contributed by atoms with Crippen molar-refractivity contribution in [1.82, 2.24) is 0 Å². The average Bonchev–Trinajstić information content (AvgIpc) is 2.46. The molecular formula is C14H10BrCl3N2O. The maximum absolute atomic E-state index is 11.9. The standard InChI is InChI=1S/C14H10BrCl3N2O/c15-8-5-6-11(14(18)13(8)17)19-7-12(21)20-10-4-2-1-3-9(10)16/h1-6,19H,7H2,(H,20,21). The number of amides is 1. The van der Waals surface area contributed by atoms with Crippen LogP contribution in [0.5, 0.6) is 0 Å². The predicted octanol–water partition coefficient (Wildman–Crippen LogP) is 5.46. The summed E-state index contributed by atoms with van der Waals surface area (Å²) in [6.07, 6.45) is 0. The predicted molar refractivity (Wildman–Crippen MR) is 92.7 cm³/mol. The highest BCUT2D eigenvalue weighted by Crippen LogP contribution is 2.35. The highest BCUT2D eigenvalue weighted by Gasteiger charge is 2.10. The van der Waals surface area contributed by atoms with Crippen LogP contribution in [-0.2, 0) is 4.79 Å². The summed E-state index contributed by atoms with van der Waals surface area (Å²) < 4.78 is 0.695. The van der Waals surface area contributed by atoms with Gasteiger partial charge in [0.1, 0.15) is 0 Å². The van der Waals surface area contributed by atoms with Crippen molar-refractivity contribution < 1.29 is 4.79 Å². The van der Waals surface area contributed by atoms with Crippen molar-refractivity contribution in [1.29, 1.82) is 0 Å². The van der Waals surface area contributed by atoms with E-state index in [-0.39, 0.29) is 12.5 Å². The summed E-state index contributed by atoms with van der Waals surface area (Å²) in [4.78, 5) is 11.9. The van der Waals surface area contributed by atoms with E-state index in [2.05, 4.69) is 26.6 Å². The van der Waals surface area contributed by atoms with Crippen LogP contribution in [0, 0.1) is 0 Å². The number of hydrogen-bond donors (Lipinski definition) is 2. The molecule has 0 radical (unpaired) electrons. The number of nitrogens with one attached hydrogen (secondary N) is 2. The summed E-state index contributed by atoms with van der Waals surface area (Å²) in [5.41, 5.74) is 1.14. The lowest BCUT2D eigenvalue weighted by Gasteiger charge is -2.11. The van der Waals surface area contributed by atoms with E-state index in [1.807, 2.05) is 0 Å². The van der Waals surface area contributed by atoms with Gasteiger partial charge in [0.15, 0.2) is 0 Å². The Morgan fingerprint density at radius 2 is 1.71 bits per heavy atom. The van der Waals surface area contributed by atoms with Crippen molar-refractivity contribution in [2.24, 2.45) is 0 Å². The molecule has 2 aromatic rings. The summed E-state index contributed by atoms with van der Waals surface area (Å²) in [6.45, 7) is 0.0445. The molecule has 0 spiro atoms. The highest BCUT2D eigenvalue weighted by molar-refractivity contribution is 9.10. The zero-order valence-electron chi connectivity index (χ0n) is 10.6. The molecule has 0 aromatic heterocycles. The fourth-order valence-corrected chi connectivity index (χ4v) is 2.62. The second kappa shape index (κ2) is 7.36. The molecule has 110 valence electrons. The Balaban J connectivity index is 1.99. The molecule has 21 heavy (non-hydrogen) atoms. The van der Waals surface area contributed by atoms with E-state index >= 15 is 0 Å². The van der Waals surface area contributed by atoms with Crippen molar-refractivity contribution in [2.75, 3.05) is 17.2 Å². The van der Waals surface area contributed by atoms with Crippen LogP contribution in [0.3, 0.4) is 0 Å². The van der Waals surface area contributed by atoms with Gasteiger partial charge in [0.25, 0.3) is 0 Å². The van der Waals surface area contributed by atoms with E-state index in [0.29, 0.717) is 30.9 Å². The molecule has 2 rings (SSSR count). The molecule has 0 unspecified atom stereocenters. The van der Waals surface area contributed by atoms with Crippen LogP contribution in [-0.4, -0.2) is 12.5 Å². The number of halogens is 4. The van der Waals surface area contributed by atoms with E-state index in [0.717, 1.165) is 0 Å². The third kappa shape index (κ3) is 4.27. The maximum atomic E-state index is 11.9. The third-order valence-corrected chi connectivity index (χ3v) is 4.72. The van der Waals surface area contributed by atoms with Gasteiger partial charge in [-0.1, -0.05) is 46.9 Å². The largest absolute Gasteiger partial charge is 0.375 e. The van der Waals surface area contributed by atoms with Gasteiger partial charge in [-0.2, -0.15) is 0 Å². The molecule has 0 atom stereocenters. The molecule has 0 heterocycles. The first-order chi connectivity index (χ1) is 9.99. The monoisotopic (exact) mass is 406 g/mol. The summed E-state index contributed by atoms with van der Waals surface area (Å²) in [5, 5.41) is 6.87. The number of para-hydroxylation sites is 1. The second-order valence-corrected chi connectivity index (χ2v) is 6.12. The maximum Gasteiger partial charge on any atom is 0.243 e. The van der Waals surface area contributed by atoms with Crippen molar-refractivity contribution in [3.8, 4) is 0 Å². The summed E-state index contributed by atoms with van der Waals surface area (Å²) in [5.74, 6) is -0.238. The number of hydrogen-bond acceptors (Lipinski definition) is 2. The molecule has 0 saturated heterocycles. The first-order valence-corrected chi connectivity index (χ1v) is 7.83. The first-order valence-electron chi connectivity index (χ1n) is 5.91. The Bertz CT molecular complexity index is 679. The zero-order valence-corrected chi connectivity index (χ0v) is 14.4. The van der Waals surface area contributed by atoms with Gasteiger partial charge in [0, 0.05) is 4.47 Å². The van der Waals surface area contributed by atoms with Gasteiger partial charge < -0.3 is 10.6 Å². The van der Waals surface area contributed by atoms with Crippen LogP contribution in [0.25, 0.3) is 0 Å². The Labute approximate surface area is 145 Å². The molecule has 0 saturated carbocycles. The third-order valence-electron chi connectivity index (χ3n) is 2.62. The minimum Gasteiger partial charge on any atom is -0.375 e. The number of benzene rings is 2. The summed E-state index contributed by atoms with van der Waals surface area (Å²) in [6, 6.07) is 10.5.